The number of aromatic hydroxyl groups is 1. The minimum Gasteiger partial charge on any atom is -0.504 e. The van der Waals surface area contributed by atoms with Crippen LogP contribution in [0.1, 0.15) is 12.5 Å². The molecule has 0 atom stereocenters. The van der Waals surface area contributed by atoms with Gasteiger partial charge in [0.15, 0.2) is 11.5 Å². The van der Waals surface area contributed by atoms with E-state index in [-0.39, 0.29) is 16.9 Å². The van der Waals surface area contributed by atoms with Crippen LogP contribution in [0.2, 0.25) is 0 Å². The van der Waals surface area contributed by atoms with E-state index in [0.29, 0.717) is 27.3 Å². The van der Waals surface area contributed by atoms with E-state index in [1.807, 2.05) is 6.92 Å². The van der Waals surface area contributed by atoms with Gasteiger partial charge in [0.05, 0.1) is 11.5 Å². The molecule has 1 aromatic rings. The molecule has 1 aromatic carbocycles. The van der Waals surface area contributed by atoms with Crippen LogP contribution in [0.4, 0.5) is 4.79 Å². The summed E-state index contributed by atoms with van der Waals surface area (Å²) in [5.41, 5.74) is 0.658. The van der Waals surface area contributed by atoms with Crippen LogP contribution in [-0.2, 0) is 4.79 Å². The van der Waals surface area contributed by atoms with Crippen molar-refractivity contribution in [1.29, 1.82) is 0 Å². The number of halogens is 1. The van der Waals surface area contributed by atoms with Crippen LogP contribution in [0, 0.1) is 0 Å². The largest absolute Gasteiger partial charge is 0.504 e. The summed E-state index contributed by atoms with van der Waals surface area (Å²) >= 11 is 4.19. The summed E-state index contributed by atoms with van der Waals surface area (Å²) in [5.74, 6) is 0.00934. The number of phenols is 1. The molecule has 1 saturated heterocycles. The Hall–Kier alpha value is -1.47. The first kappa shape index (κ1) is 14.9. The Labute approximate surface area is 128 Å². The van der Waals surface area contributed by atoms with Gasteiger partial charge in [0.2, 0.25) is 0 Å². The Morgan fingerprint density at radius 1 is 1.45 bits per heavy atom. The summed E-state index contributed by atoms with van der Waals surface area (Å²) in [6, 6.07) is 3.11. The van der Waals surface area contributed by atoms with Gasteiger partial charge >= 0.3 is 0 Å². The lowest BCUT2D eigenvalue weighted by atomic mass is 10.2. The van der Waals surface area contributed by atoms with Crippen LogP contribution in [0.15, 0.2) is 21.5 Å². The standard InChI is InChI=1S/C13H12BrNO4S/c1-3-19-10-4-7(8(14)6-9(10)16)5-11-12(17)15(2)13(18)20-11/h4-6,16H,3H2,1-2H3. The number of ether oxygens (including phenoxy) is 1. The highest BCUT2D eigenvalue weighted by atomic mass is 79.9. The predicted molar refractivity (Wildman–Crippen MR) is 80.7 cm³/mol. The Bertz CT molecular complexity index is 615. The number of phenolic OH excluding ortho intramolecular Hbond substituents is 1. The zero-order chi connectivity index (χ0) is 14.9. The van der Waals surface area contributed by atoms with Crippen LogP contribution >= 0.6 is 27.7 Å². The molecule has 0 radical (unpaired) electrons. The molecule has 1 N–H and O–H groups in total. The van der Waals surface area contributed by atoms with Gasteiger partial charge in [0.1, 0.15) is 0 Å². The van der Waals surface area contributed by atoms with Gasteiger partial charge in [-0.3, -0.25) is 14.5 Å². The fourth-order valence-corrected chi connectivity index (χ4v) is 2.89. The van der Waals surface area contributed by atoms with Crippen molar-refractivity contribution >= 4 is 44.9 Å². The summed E-state index contributed by atoms with van der Waals surface area (Å²) in [6.45, 7) is 2.23. The lowest BCUT2D eigenvalue weighted by Gasteiger charge is -2.08. The molecular weight excluding hydrogens is 346 g/mol. The number of hydrogen-bond donors (Lipinski definition) is 1. The zero-order valence-electron chi connectivity index (χ0n) is 10.8. The van der Waals surface area contributed by atoms with Crippen molar-refractivity contribution in [3.8, 4) is 11.5 Å². The van der Waals surface area contributed by atoms with Gasteiger partial charge in [-0.1, -0.05) is 15.9 Å². The number of carbonyl (C=O) groups excluding carboxylic acids is 2. The Morgan fingerprint density at radius 2 is 2.15 bits per heavy atom. The molecule has 0 unspecified atom stereocenters. The molecule has 0 aliphatic carbocycles. The first-order valence-corrected chi connectivity index (χ1v) is 7.41. The minimum absolute atomic E-state index is 0.0134. The summed E-state index contributed by atoms with van der Waals surface area (Å²) in [7, 11) is 1.44. The van der Waals surface area contributed by atoms with Gasteiger partial charge in [-0.2, -0.15) is 0 Å². The number of rotatable bonds is 3. The van der Waals surface area contributed by atoms with E-state index in [1.54, 1.807) is 12.1 Å². The van der Waals surface area contributed by atoms with Crippen LogP contribution in [0.25, 0.3) is 6.08 Å². The fraction of sp³-hybridized carbons (Fsp3) is 0.231. The van der Waals surface area contributed by atoms with Crippen LogP contribution in [0.3, 0.4) is 0 Å². The molecular formula is C13H12BrNO4S. The number of amides is 2. The molecule has 2 amide bonds. The van der Waals surface area contributed by atoms with Gasteiger partial charge in [0, 0.05) is 11.5 Å². The highest BCUT2D eigenvalue weighted by molar-refractivity contribution is 9.10. The Kier molecular flexibility index (Phi) is 4.39. The monoisotopic (exact) mass is 357 g/mol. The second kappa shape index (κ2) is 5.88. The minimum atomic E-state index is -0.335. The molecule has 0 aromatic heterocycles. The number of carbonyl (C=O) groups is 2. The number of imide groups is 1. The van der Waals surface area contributed by atoms with E-state index >= 15 is 0 Å². The van der Waals surface area contributed by atoms with Crippen LogP contribution < -0.4 is 4.74 Å². The van der Waals surface area contributed by atoms with Gasteiger partial charge in [0.25, 0.3) is 11.1 Å². The van der Waals surface area contributed by atoms with E-state index in [2.05, 4.69) is 15.9 Å². The smallest absolute Gasteiger partial charge is 0.293 e. The van der Waals surface area contributed by atoms with Crippen molar-refractivity contribution in [3.05, 3.63) is 27.1 Å². The van der Waals surface area contributed by atoms with Crippen molar-refractivity contribution in [2.75, 3.05) is 13.7 Å². The molecule has 20 heavy (non-hydrogen) atoms. The molecule has 1 fully saturated rings. The Morgan fingerprint density at radius 3 is 2.70 bits per heavy atom. The quantitative estimate of drug-likeness (QED) is 0.841. The fourth-order valence-electron chi connectivity index (χ4n) is 1.63. The second-order valence-corrected chi connectivity index (χ2v) is 5.86. The lowest BCUT2D eigenvalue weighted by Crippen LogP contribution is -2.22. The molecule has 2 rings (SSSR count). The van der Waals surface area contributed by atoms with Crippen LogP contribution in [-0.4, -0.2) is 34.8 Å². The van der Waals surface area contributed by atoms with Crippen molar-refractivity contribution in [2.45, 2.75) is 6.92 Å². The maximum absolute atomic E-state index is 11.8. The third-order valence-corrected chi connectivity index (χ3v) is 4.30. The lowest BCUT2D eigenvalue weighted by molar-refractivity contribution is -0.121. The first-order chi connectivity index (χ1) is 9.43. The molecule has 0 saturated carbocycles. The maximum atomic E-state index is 11.8. The van der Waals surface area contributed by atoms with Gasteiger partial charge in [-0.05, 0) is 42.5 Å². The number of hydrogen-bond acceptors (Lipinski definition) is 5. The third-order valence-electron chi connectivity index (χ3n) is 2.65. The summed E-state index contributed by atoms with van der Waals surface area (Å²) in [4.78, 5) is 24.7. The molecule has 7 heteroatoms. The molecule has 106 valence electrons. The summed E-state index contributed by atoms with van der Waals surface area (Å²) in [5, 5.41) is 9.43. The normalized spacial score (nSPS) is 17.1. The molecule has 1 heterocycles. The van der Waals surface area contributed by atoms with E-state index in [1.165, 1.54) is 13.1 Å². The molecule has 5 nitrogen and oxygen atoms in total. The first-order valence-electron chi connectivity index (χ1n) is 5.81. The number of thioether (sulfide) groups is 1. The summed E-state index contributed by atoms with van der Waals surface area (Å²) in [6.07, 6.45) is 1.60. The average Bonchev–Trinajstić information content (AvgIpc) is 2.63. The average molecular weight is 358 g/mol. The molecule has 0 bridgehead atoms. The van der Waals surface area contributed by atoms with E-state index in [9.17, 15) is 14.7 Å². The third kappa shape index (κ3) is 2.83. The number of likely N-dealkylation sites (N-methyl/N-ethyl adjacent to an activating group) is 1. The van der Waals surface area contributed by atoms with E-state index in [4.69, 9.17) is 4.74 Å². The Balaban J connectivity index is 2.41. The van der Waals surface area contributed by atoms with E-state index < -0.39 is 0 Å². The number of benzene rings is 1. The molecule has 0 spiro atoms. The van der Waals surface area contributed by atoms with Crippen LogP contribution in [0.5, 0.6) is 11.5 Å². The maximum Gasteiger partial charge on any atom is 0.293 e. The van der Waals surface area contributed by atoms with Crippen molar-refractivity contribution in [2.24, 2.45) is 0 Å². The van der Waals surface area contributed by atoms with Gasteiger partial charge in [-0.15, -0.1) is 0 Å². The second-order valence-electron chi connectivity index (χ2n) is 4.02. The van der Waals surface area contributed by atoms with Gasteiger partial charge < -0.3 is 9.84 Å². The highest BCUT2D eigenvalue weighted by Gasteiger charge is 2.31. The predicted octanol–water partition coefficient (Wildman–Crippen LogP) is 3.22. The topological polar surface area (TPSA) is 66.8 Å². The van der Waals surface area contributed by atoms with E-state index in [0.717, 1.165) is 16.7 Å². The molecule has 1 aliphatic rings. The summed E-state index contributed by atoms with van der Waals surface area (Å²) < 4.78 is 5.91. The van der Waals surface area contributed by atoms with Crippen molar-refractivity contribution in [1.82, 2.24) is 4.90 Å². The SMILES string of the molecule is CCOc1cc(C=C2SC(=O)N(C)C2=O)c(Br)cc1O. The number of nitrogens with zero attached hydrogens (tertiary/aromatic N) is 1. The van der Waals surface area contributed by atoms with Gasteiger partial charge in [-0.25, -0.2) is 0 Å². The molecule has 1 aliphatic heterocycles. The zero-order valence-corrected chi connectivity index (χ0v) is 13.2. The van der Waals surface area contributed by atoms with Crippen molar-refractivity contribution in [3.63, 3.8) is 0 Å². The highest BCUT2D eigenvalue weighted by Crippen LogP contribution is 2.37. The van der Waals surface area contributed by atoms with Crippen molar-refractivity contribution < 1.29 is 19.4 Å².